The molecule has 1 aromatic carbocycles. The van der Waals surface area contributed by atoms with E-state index in [2.05, 4.69) is 15.3 Å². The highest BCUT2D eigenvalue weighted by Crippen LogP contribution is 2.21. The van der Waals surface area contributed by atoms with Crippen molar-refractivity contribution < 1.29 is 4.39 Å². The fraction of sp³-hybridized carbons (Fsp3) is 0.286. The molecule has 0 aliphatic heterocycles. The minimum atomic E-state index is -0.426. The van der Waals surface area contributed by atoms with Gasteiger partial charge in [0.15, 0.2) is 0 Å². The van der Waals surface area contributed by atoms with Crippen LogP contribution in [0, 0.1) is 12.7 Å². The van der Waals surface area contributed by atoms with Gasteiger partial charge in [0.2, 0.25) is 0 Å². The van der Waals surface area contributed by atoms with Crippen LogP contribution in [0.25, 0.3) is 0 Å². The normalized spacial score (nSPS) is 10.7. The van der Waals surface area contributed by atoms with E-state index in [1.54, 1.807) is 12.1 Å². The Morgan fingerprint density at radius 2 is 2.00 bits per heavy atom. The average Bonchev–Trinajstić information content (AvgIpc) is 2.44. The molecule has 3 nitrogen and oxygen atoms in total. The van der Waals surface area contributed by atoms with E-state index < -0.39 is 5.82 Å². The van der Waals surface area contributed by atoms with Gasteiger partial charge in [-0.3, -0.25) is 0 Å². The van der Waals surface area contributed by atoms with Gasteiger partial charge in [0, 0.05) is 18.5 Å². The van der Waals surface area contributed by atoms with E-state index in [0.717, 1.165) is 11.1 Å². The molecule has 0 aliphatic carbocycles. The molecule has 20 heavy (non-hydrogen) atoms. The fourth-order valence-electron chi connectivity index (χ4n) is 1.70. The Balaban J connectivity index is 2.18. The summed E-state index contributed by atoms with van der Waals surface area (Å²) in [7, 11) is 0. The van der Waals surface area contributed by atoms with Gasteiger partial charge < -0.3 is 5.32 Å². The van der Waals surface area contributed by atoms with Gasteiger partial charge in [-0.15, -0.1) is 0 Å². The van der Waals surface area contributed by atoms with Crippen LogP contribution in [0.1, 0.15) is 23.9 Å². The number of aromatic nitrogens is 2. The molecule has 0 saturated heterocycles. The quantitative estimate of drug-likeness (QED) is 0.850. The lowest BCUT2D eigenvalue weighted by atomic mass is 10.2. The van der Waals surface area contributed by atoms with Crippen molar-refractivity contribution in [3.63, 3.8) is 0 Å². The Kier molecular flexibility index (Phi) is 4.78. The largest absolute Gasteiger partial charge is 0.366 e. The first-order chi connectivity index (χ1) is 9.51. The molecule has 1 aromatic heterocycles. The monoisotopic (exact) mass is 313 g/mol. The number of aryl methyl sites for hydroxylation is 1. The number of benzene rings is 1. The summed E-state index contributed by atoms with van der Waals surface area (Å²) in [4.78, 5) is 8.57. The standard InChI is InChI=1S/C14H14Cl2FN3/c1-3-12-19-13(16)8(2)14(20-12)18-7-9-4-5-11(17)10(15)6-9/h4-6H,3,7H2,1-2H3,(H,18,19,20). The molecule has 0 saturated carbocycles. The number of hydrogen-bond acceptors (Lipinski definition) is 3. The first kappa shape index (κ1) is 15.0. The van der Waals surface area contributed by atoms with E-state index in [9.17, 15) is 4.39 Å². The second-order valence-corrected chi connectivity index (χ2v) is 5.13. The van der Waals surface area contributed by atoms with Gasteiger partial charge in [-0.25, -0.2) is 14.4 Å². The highest BCUT2D eigenvalue weighted by molar-refractivity contribution is 6.31. The van der Waals surface area contributed by atoms with Gasteiger partial charge >= 0.3 is 0 Å². The summed E-state index contributed by atoms with van der Waals surface area (Å²) in [5.74, 6) is 0.937. The van der Waals surface area contributed by atoms with E-state index in [0.29, 0.717) is 29.8 Å². The summed E-state index contributed by atoms with van der Waals surface area (Å²) in [6.07, 6.45) is 0.705. The molecule has 0 unspecified atom stereocenters. The molecule has 0 radical (unpaired) electrons. The molecule has 6 heteroatoms. The van der Waals surface area contributed by atoms with Crippen molar-refractivity contribution in [3.05, 3.63) is 51.1 Å². The predicted molar refractivity (Wildman–Crippen MR) is 79.9 cm³/mol. The van der Waals surface area contributed by atoms with Crippen LogP contribution in [0.3, 0.4) is 0 Å². The molecule has 0 amide bonds. The number of halogens is 3. The first-order valence-corrected chi connectivity index (χ1v) is 6.97. The maximum atomic E-state index is 13.1. The maximum absolute atomic E-state index is 13.1. The molecule has 2 aromatic rings. The molecule has 0 bridgehead atoms. The Morgan fingerprint density at radius 3 is 2.65 bits per heavy atom. The summed E-state index contributed by atoms with van der Waals surface area (Å²) >= 11 is 11.8. The van der Waals surface area contributed by atoms with E-state index in [-0.39, 0.29) is 5.02 Å². The lowest BCUT2D eigenvalue weighted by Gasteiger charge is -2.11. The molecule has 1 heterocycles. The zero-order valence-corrected chi connectivity index (χ0v) is 12.7. The molecule has 0 aliphatic rings. The zero-order chi connectivity index (χ0) is 14.7. The third-order valence-corrected chi connectivity index (χ3v) is 3.55. The summed E-state index contributed by atoms with van der Waals surface area (Å²) < 4.78 is 13.1. The van der Waals surface area contributed by atoms with Gasteiger partial charge in [0.25, 0.3) is 0 Å². The van der Waals surface area contributed by atoms with Gasteiger partial charge in [0.05, 0.1) is 5.02 Å². The number of rotatable bonds is 4. The third kappa shape index (κ3) is 3.38. The molecule has 0 atom stereocenters. The molecule has 1 N–H and O–H groups in total. The van der Waals surface area contributed by atoms with Gasteiger partial charge in [-0.05, 0) is 24.6 Å². The molecular formula is C14H14Cl2FN3. The predicted octanol–water partition coefficient (Wildman–Crippen LogP) is 4.41. The Morgan fingerprint density at radius 1 is 1.25 bits per heavy atom. The maximum Gasteiger partial charge on any atom is 0.141 e. The van der Waals surface area contributed by atoms with E-state index in [1.807, 2.05) is 13.8 Å². The molecular weight excluding hydrogens is 300 g/mol. The number of nitrogens with one attached hydrogen (secondary N) is 1. The fourth-order valence-corrected chi connectivity index (χ4v) is 2.09. The van der Waals surface area contributed by atoms with E-state index in [4.69, 9.17) is 23.2 Å². The average molecular weight is 314 g/mol. The van der Waals surface area contributed by atoms with Crippen molar-refractivity contribution in [3.8, 4) is 0 Å². The number of nitrogens with zero attached hydrogens (tertiary/aromatic N) is 2. The van der Waals surface area contributed by atoms with Crippen LogP contribution in [-0.2, 0) is 13.0 Å². The van der Waals surface area contributed by atoms with Crippen molar-refractivity contribution in [1.82, 2.24) is 9.97 Å². The van der Waals surface area contributed by atoms with Crippen molar-refractivity contribution >= 4 is 29.0 Å². The number of hydrogen-bond donors (Lipinski definition) is 1. The van der Waals surface area contributed by atoms with Crippen LogP contribution in [0.15, 0.2) is 18.2 Å². The molecule has 0 spiro atoms. The van der Waals surface area contributed by atoms with Crippen LogP contribution >= 0.6 is 23.2 Å². The second kappa shape index (κ2) is 6.37. The minimum Gasteiger partial charge on any atom is -0.366 e. The lowest BCUT2D eigenvalue weighted by Crippen LogP contribution is -2.07. The van der Waals surface area contributed by atoms with Crippen LogP contribution in [-0.4, -0.2) is 9.97 Å². The first-order valence-electron chi connectivity index (χ1n) is 6.22. The van der Waals surface area contributed by atoms with Crippen molar-refractivity contribution in [2.45, 2.75) is 26.8 Å². The van der Waals surface area contributed by atoms with Crippen LogP contribution in [0.4, 0.5) is 10.2 Å². The van der Waals surface area contributed by atoms with Crippen molar-refractivity contribution in [2.75, 3.05) is 5.32 Å². The Hall–Kier alpha value is -1.39. The van der Waals surface area contributed by atoms with Crippen LogP contribution in [0.2, 0.25) is 10.2 Å². The minimum absolute atomic E-state index is 0.107. The number of anilines is 1. The summed E-state index contributed by atoms with van der Waals surface area (Å²) in [6.45, 7) is 4.30. The lowest BCUT2D eigenvalue weighted by molar-refractivity contribution is 0.627. The topological polar surface area (TPSA) is 37.8 Å². The van der Waals surface area contributed by atoms with E-state index >= 15 is 0 Å². The smallest absolute Gasteiger partial charge is 0.141 e. The van der Waals surface area contributed by atoms with Crippen LogP contribution in [0.5, 0.6) is 0 Å². The van der Waals surface area contributed by atoms with Crippen molar-refractivity contribution in [1.29, 1.82) is 0 Å². The molecule has 106 valence electrons. The Bertz CT molecular complexity index is 632. The van der Waals surface area contributed by atoms with Gasteiger partial charge in [-0.1, -0.05) is 36.2 Å². The van der Waals surface area contributed by atoms with E-state index in [1.165, 1.54) is 6.07 Å². The zero-order valence-electron chi connectivity index (χ0n) is 11.2. The van der Waals surface area contributed by atoms with Crippen molar-refractivity contribution in [2.24, 2.45) is 0 Å². The Labute approximate surface area is 127 Å². The van der Waals surface area contributed by atoms with Gasteiger partial charge in [0.1, 0.15) is 22.6 Å². The third-order valence-electron chi connectivity index (χ3n) is 2.89. The van der Waals surface area contributed by atoms with Gasteiger partial charge in [-0.2, -0.15) is 0 Å². The summed E-state index contributed by atoms with van der Waals surface area (Å²) in [5, 5.41) is 3.72. The molecule has 0 fully saturated rings. The second-order valence-electron chi connectivity index (χ2n) is 4.36. The summed E-state index contributed by atoms with van der Waals surface area (Å²) in [6, 6.07) is 4.60. The SMILES string of the molecule is CCc1nc(Cl)c(C)c(NCc2ccc(F)c(Cl)c2)n1. The summed E-state index contributed by atoms with van der Waals surface area (Å²) in [5.41, 5.74) is 1.65. The highest BCUT2D eigenvalue weighted by Gasteiger charge is 2.08. The van der Waals surface area contributed by atoms with Crippen LogP contribution < -0.4 is 5.32 Å². The molecule has 2 rings (SSSR count). The highest BCUT2D eigenvalue weighted by atomic mass is 35.5.